The number of halogens is 2. The molecule has 0 atom stereocenters. The number of oxime groups is 1. The van der Waals surface area contributed by atoms with E-state index in [4.69, 9.17) is 37.9 Å². The molecule has 0 saturated carbocycles. The van der Waals surface area contributed by atoms with Gasteiger partial charge in [-0.15, -0.1) is 0 Å². The topological polar surface area (TPSA) is 51.0 Å². The van der Waals surface area contributed by atoms with Gasteiger partial charge in [-0.3, -0.25) is 0 Å². The second-order valence-corrected chi connectivity index (χ2v) is 5.02. The van der Waals surface area contributed by atoms with Crippen LogP contribution in [0.1, 0.15) is 11.1 Å². The van der Waals surface area contributed by atoms with Gasteiger partial charge in [-0.05, 0) is 30.3 Å². The molecule has 110 valence electrons. The maximum atomic E-state index is 8.57. The Hall–Kier alpha value is -1.91. The lowest BCUT2D eigenvalue weighted by Crippen LogP contribution is -1.99. The summed E-state index contributed by atoms with van der Waals surface area (Å²) < 4.78 is 11.0. The van der Waals surface area contributed by atoms with Gasteiger partial charge in [0.2, 0.25) is 0 Å². The number of hydrogen-bond donors (Lipinski definition) is 1. The molecule has 0 aliphatic heterocycles. The van der Waals surface area contributed by atoms with Crippen LogP contribution in [0.15, 0.2) is 41.6 Å². The molecule has 0 bridgehead atoms. The minimum absolute atomic E-state index is 0.270. The van der Waals surface area contributed by atoms with Crippen molar-refractivity contribution < 1.29 is 14.7 Å². The molecule has 0 radical (unpaired) electrons. The standard InChI is InChI=1S/C15H13Cl2NO3/c1-20-14-5-2-10(8-18-19)6-15(14)21-9-11-3-4-12(16)7-13(11)17/h2-8,19H,9H2,1H3/b18-8+. The third kappa shape index (κ3) is 4.03. The van der Waals surface area contributed by atoms with Crippen molar-refractivity contribution in [1.29, 1.82) is 0 Å². The average Bonchev–Trinajstić information content (AvgIpc) is 2.47. The van der Waals surface area contributed by atoms with Gasteiger partial charge in [0.05, 0.1) is 13.3 Å². The average molecular weight is 326 g/mol. The van der Waals surface area contributed by atoms with E-state index in [1.807, 2.05) is 0 Å². The van der Waals surface area contributed by atoms with Crippen molar-refractivity contribution >= 4 is 29.4 Å². The first-order valence-electron chi connectivity index (χ1n) is 6.06. The highest BCUT2D eigenvalue weighted by Gasteiger charge is 2.08. The van der Waals surface area contributed by atoms with Crippen molar-refractivity contribution in [3.63, 3.8) is 0 Å². The van der Waals surface area contributed by atoms with Gasteiger partial charge >= 0.3 is 0 Å². The van der Waals surface area contributed by atoms with Crippen LogP contribution in [0.3, 0.4) is 0 Å². The van der Waals surface area contributed by atoms with E-state index < -0.39 is 0 Å². The van der Waals surface area contributed by atoms with Crippen molar-refractivity contribution in [2.24, 2.45) is 5.16 Å². The summed E-state index contributed by atoms with van der Waals surface area (Å²) in [5.74, 6) is 1.11. The van der Waals surface area contributed by atoms with E-state index >= 15 is 0 Å². The number of benzene rings is 2. The largest absolute Gasteiger partial charge is 0.493 e. The fraction of sp³-hybridized carbons (Fsp3) is 0.133. The molecule has 6 heteroatoms. The normalized spacial score (nSPS) is 10.8. The Labute approximate surface area is 132 Å². The smallest absolute Gasteiger partial charge is 0.162 e. The third-order valence-electron chi connectivity index (χ3n) is 2.79. The Kier molecular flexibility index (Phi) is 5.31. The first kappa shape index (κ1) is 15.5. The van der Waals surface area contributed by atoms with Crippen molar-refractivity contribution in [2.45, 2.75) is 6.61 Å². The second-order valence-electron chi connectivity index (χ2n) is 4.18. The highest BCUT2D eigenvalue weighted by Crippen LogP contribution is 2.29. The summed E-state index contributed by atoms with van der Waals surface area (Å²) in [6.45, 7) is 0.270. The van der Waals surface area contributed by atoms with Gasteiger partial charge in [0.1, 0.15) is 6.61 Å². The molecule has 1 N–H and O–H groups in total. The summed E-state index contributed by atoms with van der Waals surface area (Å²) in [5, 5.41) is 12.7. The van der Waals surface area contributed by atoms with E-state index in [0.717, 1.165) is 5.56 Å². The van der Waals surface area contributed by atoms with Crippen LogP contribution in [0.25, 0.3) is 0 Å². The fourth-order valence-corrected chi connectivity index (χ4v) is 2.21. The third-order valence-corrected chi connectivity index (χ3v) is 3.38. The van der Waals surface area contributed by atoms with Crippen LogP contribution in [-0.2, 0) is 6.61 Å². The number of nitrogens with zero attached hydrogens (tertiary/aromatic N) is 1. The molecule has 0 aliphatic rings. The Morgan fingerprint density at radius 3 is 2.62 bits per heavy atom. The van der Waals surface area contributed by atoms with E-state index in [1.54, 1.807) is 43.5 Å². The van der Waals surface area contributed by atoms with Crippen molar-refractivity contribution in [1.82, 2.24) is 0 Å². The summed E-state index contributed by atoms with van der Waals surface area (Å²) in [7, 11) is 1.55. The summed E-state index contributed by atoms with van der Waals surface area (Å²) >= 11 is 12.0. The number of methoxy groups -OCH3 is 1. The molecule has 2 aromatic carbocycles. The highest BCUT2D eigenvalue weighted by atomic mass is 35.5. The molecule has 0 fully saturated rings. The molecule has 4 nitrogen and oxygen atoms in total. The molecule has 0 aliphatic carbocycles. The summed E-state index contributed by atoms with van der Waals surface area (Å²) in [6, 6.07) is 10.4. The minimum atomic E-state index is 0.270. The zero-order chi connectivity index (χ0) is 15.2. The van der Waals surface area contributed by atoms with Crippen LogP contribution >= 0.6 is 23.2 Å². The molecule has 0 spiro atoms. The molecule has 2 rings (SSSR count). The monoisotopic (exact) mass is 325 g/mol. The fourth-order valence-electron chi connectivity index (χ4n) is 1.75. The zero-order valence-corrected chi connectivity index (χ0v) is 12.7. The second kappa shape index (κ2) is 7.20. The molecule has 0 aromatic heterocycles. The molecule has 21 heavy (non-hydrogen) atoms. The number of hydrogen-bond acceptors (Lipinski definition) is 4. The number of rotatable bonds is 5. The lowest BCUT2D eigenvalue weighted by atomic mass is 10.2. The quantitative estimate of drug-likeness (QED) is 0.504. The lowest BCUT2D eigenvalue weighted by molar-refractivity contribution is 0.284. The van der Waals surface area contributed by atoms with Gasteiger partial charge in [0.25, 0.3) is 0 Å². The van der Waals surface area contributed by atoms with E-state index in [0.29, 0.717) is 27.1 Å². The molecule has 0 heterocycles. The van der Waals surface area contributed by atoms with Crippen LogP contribution < -0.4 is 9.47 Å². The van der Waals surface area contributed by atoms with Gasteiger partial charge < -0.3 is 14.7 Å². The van der Waals surface area contributed by atoms with Gasteiger partial charge in [0.15, 0.2) is 11.5 Å². The van der Waals surface area contributed by atoms with Crippen LogP contribution in [0.5, 0.6) is 11.5 Å². The first-order chi connectivity index (χ1) is 10.1. The maximum Gasteiger partial charge on any atom is 0.162 e. The van der Waals surface area contributed by atoms with Crippen LogP contribution in [-0.4, -0.2) is 18.5 Å². The Morgan fingerprint density at radius 2 is 1.95 bits per heavy atom. The molecular weight excluding hydrogens is 313 g/mol. The molecule has 2 aromatic rings. The highest BCUT2D eigenvalue weighted by molar-refractivity contribution is 6.35. The van der Waals surface area contributed by atoms with Gasteiger partial charge in [-0.25, -0.2) is 0 Å². The molecule has 0 saturated heterocycles. The predicted molar refractivity (Wildman–Crippen MR) is 83.2 cm³/mol. The maximum absolute atomic E-state index is 8.57. The van der Waals surface area contributed by atoms with E-state index in [2.05, 4.69) is 5.16 Å². The van der Waals surface area contributed by atoms with Gasteiger partial charge in [0, 0.05) is 21.2 Å². The Balaban J connectivity index is 2.20. The predicted octanol–water partition coefficient (Wildman–Crippen LogP) is 4.39. The minimum Gasteiger partial charge on any atom is -0.493 e. The van der Waals surface area contributed by atoms with E-state index in [1.165, 1.54) is 6.21 Å². The SMILES string of the molecule is COc1ccc(/C=N/O)cc1OCc1ccc(Cl)cc1Cl. The van der Waals surface area contributed by atoms with Crippen molar-refractivity contribution in [3.8, 4) is 11.5 Å². The summed E-state index contributed by atoms with van der Waals surface area (Å²) in [6.07, 6.45) is 1.31. The van der Waals surface area contributed by atoms with Crippen molar-refractivity contribution in [3.05, 3.63) is 57.6 Å². The van der Waals surface area contributed by atoms with Gasteiger partial charge in [-0.1, -0.05) is 34.4 Å². The van der Waals surface area contributed by atoms with Crippen LogP contribution in [0.2, 0.25) is 10.0 Å². The van der Waals surface area contributed by atoms with E-state index in [9.17, 15) is 0 Å². The first-order valence-corrected chi connectivity index (χ1v) is 6.82. The Morgan fingerprint density at radius 1 is 1.14 bits per heavy atom. The zero-order valence-electron chi connectivity index (χ0n) is 11.2. The van der Waals surface area contributed by atoms with Gasteiger partial charge in [-0.2, -0.15) is 0 Å². The van der Waals surface area contributed by atoms with Crippen molar-refractivity contribution in [2.75, 3.05) is 7.11 Å². The molecular formula is C15H13Cl2NO3. The van der Waals surface area contributed by atoms with Crippen LogP contribution in [0.4, 0.5) is 0 Å². The summed E-state index contributed by atoms with van der Waals surface area (Å²) in [4.78, 5) is 0. The lowest BCUT2D eigenvalue weighted by Gasteiger charge is -2.12. The Bertz CT molecular complexity index is 659. The summed E-state index contributed by atoms with van der Waals surface area (Å²) in [5.41, 5.74) is 1.50. The number of ether oxygens (including phenoxy) is 2. The van der Waals surface area contributed by atoms with Crippen LogP contribution in [0, 0.1) is 0 Å². The molecule has 0 unspecified atom stereocenters. The molecule has 0 amide bonds. The van der Waals surface area contributed by atoms with E-state index in [-0.39, 0.29) is 6.61 Å².